The maximum absolute atomic E-state index is 10.1. The molecule has 1 rings (SSSR count). The summed E-state index contributed by atoms with van der Waals surface area (Å²) in [4.78, 5) is 10.1. The van der Waals surface area contributed by atoms with Gasteiger partial charge in [0.15, 0.2) is 0 Å². The molecule has 62 valence electrons. The van der Waals surface area contributed by atoms with Gasteiger partial charge in [-0.15, -0.1) is 0 Å². The van der Waals surface area contributed by atoms with Gasteiger partial charge in [-0.2, -0.15) is 0 Å². The van der Waals surface area contributed by atoms with Crippen molar-refractivity contribution >= 4 is 6.09 Å². The zero-order valence-electron chi connectivity index (χ0n) is 6.03. The average molecular weight is 157 g/mol. The van der Waals surface area contributed by atoms with E-state index in [1.807, 2.05) is 6.08 Å². The molecule has 0 saturated carbocycles. The van der Waals surface area contributed by atoms with E-state index < -0.39 is 6.09 Å². The van der Waals surface area contributed by atoms with Gasteiger partial charge in [-0.1, -0.05) is 12.2 Å². The highest BCUT2D eigenvalue weighted by Crippen LogP contribution is 2.16. The van der Waals surface area contributed by atoms with Crippen LogP contribution in [-0.2, 0) is 0 Å². The largest absolute Gasteiger partial charge is 0.465 e. The van der Waals surface area contributed by atoms with Crippen LogP contribution in [0.15, 0.2) is 12.2 Å². The van der Waals surface area contributed by atoms with Gasteiger partial charge in [-0.05, 0) is 6.42 Å². The molecule has 0 aromatic rings. The second kappa shape index (κ2) is 3.39. The van der Waals surface area contributed by atoms with Crippen LogP contribution < -0.4 is 5.32 Å². The third-order valence-electron chi connectivity index (χ3n) is 1.72. The molecule has 0 radical (unpaired) electrons. The standard InChI is InChI=1S/C7H11NO3/c9-4-5-1-2-6(3-5)8-7(10)11/h1-2,5-6,8-9H,3-4H2,(H,10,11)/t5?,6-/m0/s1. The van der Waals surface area contributed by atoms with Crippen LogP contribution in [0.25, 0.3) is 0 Å². The number of rotatable bonds is 2. The number of carbonyl (C=O) groups is 1. The number of amides is 1. The summed E-state index contributed by atoms with van der Waals surface area (Å²) >= 11 is 0. The molecule has 0 aromatic carbocycles. The molecule has 1 aliphatic carbocycles. The van der Waals surface area contributed by atoms with Gasteiger partial charge in [0.05, 0.1) is 6.04 Å². The second-order valence-electron chi connectivity index (χ2n) is 2.62. The lowest BCUT2D eigenvalue weighted by Crippen LogP contribution is -2.31. The van der Waals surface area contributed by atoms with Crippen LogP contribution >= 0.6 is 0 Å². The molecule has 0 aromatic heterocycles. The minimum atomic E-state index is -1.02. The Morgan fingerprint density at radius 2 is 2.36 bits per heavy atom. The number of aliphatic hydroxyl groups is 1. The lowest BCUT2D eigenvalue weighted by atomic mass is 10.1. The molecule has 1 unspecified atom stereocenters. The highest BCUT2D eigenvalue weighted by Gasteiger charge is 2.18. The topological polar surface area (TPSA) is 69.6 Å². The van der Waals surface area contributed by atoms with E-state index in [2.05, 4.69) is 5.32 Å². The van der Waals surface area contributed by atoms with Crippen LogP contribution in [0.3, 0.4) is 0 Å². The summed E-state index contributed by atoms with van der Waals surface area (Å²) in [5.41, 5.74) is 0. The summed E-state index contributed by atoms with van der Waals surface area (Å²) in [7, 11) is 0. The van der Waals surface area contributed by atoms with Crippen molar-refractivity contribution in [3.05, 3.63) is 12.2 Å². The number of hydrogen-bond donors (Lipinski definition) is 3. The van der Waals surface area contributed by atoms with E-state index in [0.717, 1.165) is 0 Å². The number of aliphatic hydroxyl groups excluding tert-OH is 1. The molecule has 0 bridgehead atoms. The van der Waals surface area contributed by atoms with Gasteiger partial charge >= 0.3 is 6.09 Å². The molecule has 3 N–H and O–H groups in total. The van der Waals surface area contributed by atoms with E-state index in [-0.39, 0.29) is 18.6 Å². The van der Waals surface area contributed by atoms with Crippen molar-refractivity contribution < 1.29 is 15.0 Å². The Bertz CT molecular complexity index is 179. The van der Waals surface area contributed by atoms with Gasteiger partial charge in [-0.3, -0.25) is 0 Å². The Hall–Kier alpha value is -1.03. The number of hydrogen-bond acceptors (Lipinski definition) is 2. The van der Waals surface area contributed by atoms with E-state index in [9.17, 15) is 4.79 Å². The van der Waals surface area contributed by atoms with Gasteiger partial charge in [0.25, 0.3) is 0 Å². The predicted octanol–water partition coefficient (Wildman–Crippen LogP) is 0.191. The van der Waals surface area contributed by atoms with Crippen LogP contribution in [0.2, 0.25) is 0 Å². The zero-order chi connectivity index (χ0) is 8.27. The molecule has 0 saturated heterocycles. The molecule has 0 spiro atoms. The number of nitrogens with one attached hydrogen (secondary N) is 1. The summed E-state index contributed by atoms with van der Waals surface area (Å²) < 4.78 is 0. The lowest BCUT2D eigenvalue weighted by Gasteiger charge is -2.08. The van der Waals surface area contributed by atoms with E-state index >= 15 is 0 Å². The molecule has 1 amide bonds. The first-order chi connectivity index (χ1) is 5.22. The third kappa shape index (κ3) is 2.23. The normalized spacial score (nSPS) is 28.8. The quantitative estimate of drug-likeness (QED) is 0.501. The zero-order valence-corrected chi connectivity index (χ0v) is 6.03. The van der Waals surface area contributed by atoms with Crippen LogP contribution in [0.5, 0.6) is 0 Å². The molecule has 4 nitrogen and oxygen atoms in total. The Morgan fingerprint density at radius 1 is 1.64 bits per heavy atom. The first kappa shape index (κ1) is 8.07. The summed E-state index contributed by atoms with van der Waals surface area (Å²) in [6.45, 7) is 0.0916. The minimum absolute atomic E-state index is 0.0916. The molecule has 0 heterocycles. The van der Waals surface area contributed by atoms with Crippen molar-refractivity contribution in [2.24, 2.45) is 5.92 Å². The van der Waals surface area contributed by atoms with Crippen molar-refractivity contribution in [1.82, 2.24) is 5.32 Å². The van der Waals surface area contributed by atoms with Crippen LogP contribution in [0.4, 0.5) is 4.79 Å². The summed E-state index contributed by atoms with van der Waals surface area (Å²) in [5.74, 6) is 0.117. The first-order valence-electron chi connectivity index (χ1n) is 3.51. The van der Waals surface area contributed by atoms with Crippen LogP contribution in [-0.4, -0.2) is 29.0 Å². The van der Waals surface area contributed by atoms with Crippen molar-refractivity contribution in [3.8, 4) is 0 Å². The second-order valence-corrected chi connectivity index (χ2v) is 2.62. The van der Waals surface area contributed by atoms with Crippen molar-refractivity contribution in [3.63, 3.8) is 0 Å². The third-order valence-corrected chi connectivity index (χ3v) is 1.72. The Kier molecular flexibility index (Phi) is 2.48. The van der Waals surface area contributed by atoms with Gasteiger partial charge < -0.3 is 15.5 Å². The van der Waals surface area contributed by atoms with Gasteiger partial charge in [0.2, 0.25) is 0 Å². The van der Waals surface area contributed by atoms with Crippen molar-refractivity contribution in [2.45, 2.75) is 12.5 Å². The van der Waals surface area contributed by atoms with Gasteiger partial charge in [0.1, 0.15) is 0 Å². The van der Waals surface area contributed by atoms with Crippen molar-refractivity contribution in [2.75, 3.05) is 6.61 Å². The first-order valence-corrected chi connectivity index (χ1v) is 3.51. The van der Waals surface area contributed by atoms with Crippen LogP contribution in [0, 0.1) is 5.92 Å². The molecule has 1 aliphatic rings. The highest BCUT2D eigenvalue weighted by molar-refractivity contribution is 5.65. The fraction of sp³-hybridized carbons (Fsp3) is 0.571. The summed E-state index contributed by atoms with van der Waals surface area (Å²) in [6, 6.07) is -0.121. The Morgan fingerprint density at radius 3 is 2.82 bits per heavy atom. The molecular formula is C7H11NO3. The predicted molar refractivity (Wildman–Crippen MR) is 39.3 cm³/mol. The molecule has 4 heteroatoms. The van der Waals surface area contributed by atoms with E-state index in [4.69, 9.17) is 10.2 Å². The summed E-state index contributed by atoms with van der Waals surface area (Å²) in [6.07, 6.45) is 3.26. The smallest absolute Gasteiger partial charge is 0.405 e. The number of carboxylic acid groups (broad SMARTS) is 1. The molecule has 0 fully saturated rings. The molecule has 2 atom stereocenters. The molecule has 0 aliphatic heterocycles. The SMILES string of the molecule is O=C(O)N[C@H]1C=CC(CO)C1. The maximum Gasteiger partial charge on any atom is 0.405 e. The maximum atomic E-state index is 10.1. The minimum Gasteiger partial charge on any atom is -0.465 e. The highest BCUT2D eigenvalue weighted by atomic mass is 16.4. The van der Waals surface area contributed by atoms with E-state index in [1.165, 1.54) is 0 Å². The monoisotopic (exact) mass is 157 g/mol. The van der Waals surface area contributed by atoms with Gasteiger partial charge in [0, 0.05) is 12.5 Å². The molecule has 11 heavy (non-hydrogen) atoms. The van der Waals surface area contributed by atoms with E-state index in [0.29, 0.717) is 6.42 Å². The van der Waals surface area contributed by atoms with Crippen LogP contribution in [0.1, 0.15) is 6.42 Å². The Labute approximate surface area is 64.5 Å². The fourth-order valence-electron chi connectivity index (χ4n) is 1.18. The fourth-order valence-corrected chi connectivity index (χ4v) is 1.18. The molecular weight excluding hydrogens is 146 g/mol. The van der Waals surface area contributed by atoms with Crippen molar-refractivity contribution in [1.29, 1.82) is 0 Å². The van der Waals surface area contributed by atoms with Gasteiger partial charge in [-0.25, -0.2) is 4.79 Å². The lowest BCUT2D eigenvalue weighted by molar-refractivity contribution is 0.189. The Balaban J connectivity index is 2.32. The van der Waals surface area contributed by atoms with E-state index in [1.54, 1.807) is 6.08 Å². The summed E-state index contributed by atoms with van der Waals surface area (Å²) in [5, 5.41) is 19.3. The average Bonchev–Trinajstić information content (AvgIpc) is 2.34.